The zero-order valence-corrected chi connectivity index (χ0v) is 17.5. The quantitative estimate of drug-likeness (QED) is 0.439. The molecule has 2 heterocycles. The lowest BCUT2D eigenvalue weighted by Gasteiger charge is -2.08. The van der Waals surface area contributed by atoms with Crippen molar-refractivity contribution < 1.29 is 22.0 Å². The van der Waals surface area contributed by atoms with Crippen LogP contribution < -0.4 is 10.0 Å². The van der Waals surface area contributed by atoms with Crippen LogP contribution in [-0.4, -0.2) is 30.3 Å². The Morgan fingerprint density at radius 2 is 1.87 bits per heavy atom. The van der Waals surface area contributed by atoms with Gasteiger partial charge in [-0.25, -0.2) is 26.9 Å². The molecule has 0 fully saturated rings. The van der Waals surface area contributed by atoms with E-state index in [9.17, 15) is 22.0 Å². The van der Waals surface area contributed by atoms with Crippen LogP contribution in [0.1, 0.15) is 6.42 Å². The largest absolute Gasteiger partial charge is 0.326 e. The molecule has 0 bridgehead atoms. The Morgan fingerprint density at radius 3 is 2.58 bits per heavy atom. The van der Waals surface area contributed by atoms with Crippen LogP contribution in [0.5, 0.6) is 0 Å². The van der Waals surface area contributed by atoms with Crippen molar-refractivity contribution in [2.75, 3.05) is 11.9 Å². The van der Waals surface area contributed by atoms with E-state index in [0.717, 1.165) is 28.4 Å². The van der Waals surface area contributed by atoms with Gasteiger partial charge in [-0.2, -0.15) is 0 Å². The van der Waals surface area contributed by atoms with Crippen LogP contribution in [0, 0.1) is 11.6 Å². The summed E-state index contributed by atoms with van der Waals surface area (Å²) in [6.07, 6.45) is 3.70. The maximum Gasteiger partial charge on any atom is 0.240 e. The van der Waals surface area contributed by atoms with E-state index < -0.39 is 32.5 Å². The summed E-state index contributed by atoms with van der Waals surface area (Å²) in [5, 5.41) is 4.63. The number of thiazole rings is 1. The summed E-state index contributed by atoms with van der Waals surface area (Å²) < 4.78 is 54.5. The molecule has 0 aliphatic carbocycles. The molecule has 0 aliphatic rings. The third kappa shape index (κ3) is 4.79. The maximum atomic E-state index is 13.2. The third-order valence-corrected chi connectivity index (χ3v) is 6.63. The molecule has 2 N–H and O–H groups in total. The summed E-state index contributed by atoms with van der Waals surface area (Å²) in [5.41, 5.74) is 2.27. The van der Waals surface area contributed by atoms with E-state index in [0.29, 0.717) is 11.8 Å². The molecule has 2 aromatic heterocycles. The number of hydrogen-bond acceptors (Lipinski definition) is 5. The molecular weight excluding hydrogens is 446 g/mol. The van der Waals surface area contributed by atoms with E-state index in [2.05, 4.69) is 15.0 Å². The Bertz CT molecular complexity index is 1320. The van der Waals surface area contributed by atoms with Crippen LogP contribution >= 0.6 is 11.3 Å². The van der Waals surface area contributed by atoms with Crippen LogP contribution in [-0.2, 0) is 14.8 Å². The molecule has 0 saturated heterocycles. The average molecular weight is 463 g/mol. The van der Waals surface area contributed by atoms with E-state index in [1.165, 1.54) is 11.3 Å². The highest BCUT2D eigenvalue weighted by Gasteiger charge is 2.16. The predicted molar refractivity (Wildman–Crippen MR) is 113 cm³/mol. The Labute approximate surface area is 180 Å². The summed E-state index contributed by atoms with van der Waals surface area (Å²) in [6, 6.07) is 9.38. The molecule has 160 valence electrons. The van der Waals surface area contributed by atoms with Gasteiger partial charge in [0.25, 0.3) is 0 Å². The zero-order valence-electron chi connectivity index (χ0n) is 15.9. The summed E-state index contributed by atoms with van der Waals surface area (Å²) >= 11 is 1.53. The van der Waals surface area contributed by atoms with Gasteiger partial charge in [0.05, 0.1) is 10.6 Å². The number of imidazole rings is 1. The summed E-state index contributed by atoms with van der Waals surface area (Å²) in [6.45, 7) is -0.198. The molecule has 1 amide bonds. The Balaban J connectivity index is 1.31. The number of benzene rings is 2. The SMILES string of the molecule is O=C(CCNS(=O)(=O)c1ccc(F)c(F)c1)Nc1ccc(-c2cn3ccsc3n2)cc1. The van der Waals surface area contributed by atoms with E-state index in [1.807, 2.05) is 34.3 Å². The van der Waals surface area contributed by atoms with Gasteiger partial charge in [-0.3, -0.25) is 9.20 Å². The van der Waals surface area contributed by atoms with E-state index in [4.69, 9.17) is 0 Å². The van der Waals surface area contributed by atoms with Crippen molar-refractivity contribution >= 4 is 37.9 Å². The molecule has 31 heavy (non-hydrogen) atoms. The Hall–Kier alpha value is -3.15. The van der Waals surface area contributed by atoms with Gasteiger partial charge in [0.1, 0.15) is 0 Å². The minimum Gasteiger partial charge on any atom is -0.326 e. The first kappa shape index (κ1) is 21.1. The fourth-order valence-corrected chi connectivity index (χ4v) is 4.58. The number of anilines is 1. The van der Waals surface area contributed by atoms with Gasteiger partial charge in [0.2, 0.25) is 15.9 Å². The van der Waals surface area contributed by atoms with Gasteiger partial charge in [-0.15, -0.1) is 11.3 Å². The summed E-state index contributed by atoms with van der Waals surface area (Å²) in [7, 11) is -4.06. The second-order valence-electron chi connectivity index (χ2n) is 6.57. The number of halogens is 2. The number of carbonyl (C=O) groups is 1. The van der Waals surface area contributed by atoms with Crippen molar-refractivity contribution in [3.05, 3.63) is 71.9 Å². The Kier molecular flexibility index (Phi) is 5.81. The second kappa shape index (κ2) is 8.53. The fraction of sp³-hybridized carbons (Fsp3) is 0.100. The first-order valence-electron chi connectivity index (χ1n) is 9.09. The lowest BCUT2D eigenvalue weighted by molar-refractivity contribution is -0.116. The van der Waals surface area contributed by atoms with Gasteiger partial charge in [0.15, 0.2) is 16.6 Å². The minimum atomic E-state index is -4.06. The number of rotatable bonds is 7. The Morgan fingerprint density at radius 1 is 1.10 bits per heavy atom. The van der Waals surface area contributed by atoms with Gasteiger partial charge in [-0.1, -0.05) is 12.1 Å². The van der Waals surface area contributed by atoms with Crippen molar-refractivity contribution in [3.8, 4) is 11.3 Å². The van der Waals surface area contributed by atoms with E-state index >= 15 is 0 Å². The summed E-state index contributed by atoms with van der Waals surface area (Å²) in [5.74, 6) is -2.81. The molecule has 0 unspecified atom stereocenters. The number of sulfonamides is 1. The van der Waals surface area contributed by atoms with Crippen molar-refractivity contribution in [1.82, 2.24) is 14.1 Å². The molecule has 4 aromatic rings. The number of nitrogens with one attached hydrogen (secondary N) is 2. The maximum absolute atomic E-state index is 13.2. The lowest BCUT2D eigenvalue weighted by atomic mass is 10.1. The van der Waals surface area contributed by atoms with Crippen molar-refractivity contribution in [2.24, 2.45) is 0 Å². The lowest BCUT2D eigenvalue weighted by Crippen LogP contribution is -2.28. The van der Waals surface area contributed by atoms with Crippen molar-refractivity contribution in [3.63, 3.8) is 0 Å². The molecule has 4 rings (SSSR count). The van der Waals surface area contributed by atoms with Crippen molar-refractivity contribution in [1.29, 1.82) is 0 Å². The van der Waals surface area contributed by atoms with Gasteiger partial charge < -0.3 is 5.32 Å². The number of nitrogens with zero attached hydrogens (tertiary/aromatic N) is 2. The van der Waals surface area contributed by atoms with Crippen molar-refractivity contribution in [2.45, 2.75) is 11.3 Å². The fourth-order valence-electron chi connectivity index (χ4n) is 2.84. The molecular formula is C20H16F2N4O3S2. The van der Waals surface area contributed by atoms with Gasteiger partial charge >= 0.3 is 0 Å². The normalized spacial score (nSPS) is 11.7. The van der Waals surface area contributed by atoms with Gasteiger partial charge in [0, 0.05) is 42.0 Å². The smallest absolute Gasteiger partial charge is 0.240 e. The van der Waals surface area contributed by atoms with Crippen LogP contribution in [0.2, 0.25) is 0 Å². The van der Waals surface area contributed by atoms with Crippen LogP contribution in [0.4, 0.5) is 14.5 Å². The standard InChI is InChI=1S/C20H16F2N4O3S2/c21-16-6-5-15(11-17(16)22)31(28,29)23-8-7-19(27)24-14-3-1-13(2-4-14)18-12-26-9-10-30-20(26)25-18/h1-6,9-12,23H,7-8H2,(H,24,27). The minimum absolute atomic E-state index is 0.137. The van der Waals surface area contributed by atoms with Crippen LogP contribution in [0.25, 0.3) is 16.2 Å². The molecule has 11 heteroatoms. The molecule has 0 aliphatic heterocycles. The second-order valence-corrected chi connectivity index (χ2v) is 9.21. The summed E-state index contributed by atoms with van der Waals surface area (Å²) in [4.78, 5) is 17.1. The predicted octanol–water partition coefficient (Wildman–Crippen LogP) is 3.65. The molecule has 2 aromatic carbocycles. The third-order valence-electron chi connectivity index (χ3n) is 4.40. The topological polar surface area (TPSA) is 92.6 Å². The highest BCUT2D eigenvalue weighted by molar-refractivity contribution is 7.89. The number of carbonyl (C=O) groups excluding carboxylic acids is 1. The van der Waals surface area contributed by atoms with E-state index in [-0.39, 0.29) is 13.0 Å². The molecule has 0 radical (unpaired) electrons. The highest BCUT2D eigenvalue weighted by Crippen LogP contribution is 2.23. The zero-order chi connectivity index (χ0) is 22.0. The van der Waals surface area contributed by atoms with Gasteiger partial charge in [-0.05, 0) is 30.3 Å². The molecule has 0 saturated carbocycles. The highest BCUT2D eigenvalue weighted by atomic mass is 32.2. The first-order valence-corrected chi connectivity index (χ1v) is 11.5. The average Bonchev–Trinajstić information content (AvgIpc) is 3.33. The molecule has 0 atom stereocenters. The number of hydrogen-bond donors (Lipinski definition) is 2. The number of fused-ring (bicyclic) bond motifs is 1. The number of amides is 1. The first-order chi connectivity index (χ1) is 14.8. The van der Waals surface area contributed by atoms with E-state index in [1.54, 1.807) is 12.1 Å². The van der Waals surface area contributed by atoms with Crippen LogP contribution in [0.3, 0.4) is 0 Å². The monoisotopic (exact) mass is 462 g/mol. The van der Waals surface area contributed by atoms with Crippen LogP contribution in [0.15, 0.2) is 65.1 Å². The number of aromatic nitrogens is 2. The molecule has 0 spiro atoms. The molecule has 7 nitrogen and oxygen atoms in total.